The highest BCUT2D eigenvalue weighted by Gasteiger charge is 2.30. The predicted molar refractivity (Wildman–Crippen MR) is 94.7 cm³/mol. The molecule has 26 heavy (non-hydrogen) atoms. The van der Waals surface area contributed by atoms with E-state index >= 15 is 0 Å². The maximum atomic E-state index is 12.7. The molecule has 1 aliphatic carbocycles. The fourth-order valence-electron chi connectivity index (χ4n) is 3.55. The molecule has 1 aromatic heterocycles. The molecule has 134 valence electrons. The number of nitrogens with one attached hydrogen (secondary N) is 1. The van der Waals surface area contributed by atoms with Crippen LogP contribution in [0.3, 0.4) is 0 Å². The fourth-order valence-corrected chi connectivity index (χ4v) is 3.55. The van der Waals surface area contributed by atoms with Gasteiger partial charge in [-0.25, -0.2) is 9.97 Å². The summed E-state index contributed by atoms with van der Waals surface area (Å²) in [6.07, 6.45) is 5.16. The summed E-state index contributed by atoms with van der Waals surface area (Å²) < 4.78 is 10.8. The van der Waals surface area contributed by atoms with Crippen LogP contribution in [0.1, 0.15) is 41.2 Å². The lowest BCUT2D eigenvalue weighted by Gasteiger charge is -2.17. The maximum Gasteiger partial charge on any atom is 0.255 e. The van der Waals surface area contributed by atoms with E-state index in [0.717, 1.165) is 24.6 Å². The van der Waals surface area contributed by atoms with Crippen LogP contribution in [0.2, 0.25) is 0 Å². The number of aromatic nitrogens is 2. The van der Waals surface area contributed by atoms with E-state index in [9.17, 15) is 4.79 Å². The van der Waals surface area contributed by atoms with E-state index in [1.807, 2.05) is 12.3 Å². The number of hydrogen-bond acceptors (Lipinski definition) is 6. The maximum absolute atomic E-state index is 12.7. The number of benzene rings is 1. The van der Waals surface area contributed by atoms with Crippen LogP contribution in [0.5, 0.6) is 11.5 Å². The van der Waals surface area contributed by atoms with Crippen LogP contribution in [-0.4, -0.2) is 41.8 Å². The van der Waals surface area contributed by atoms with Crippen molar-refractivity contribution in [2.45, 2.75) is 31.2 Å². The number of amides is 1. The third kappa shape index (κ3) is 2.83. The number of fused-ring (bicyclic) bond motifs is 1. The second-order valence-corrected chi connectivity index (χ2v) is 7.00. The zero-order valence-electron chi connectivity index (χ0n) is 14.4. The Kier molecular flexibility index (Phi) is 3.65. The van der Waals surface area contributed by atoms with Crippen molar-refractivity contribution in [2.24, 2.45) is 0 Å². The highest BCUT2D eigenvalue weighted by atomic mass is 16.7. The molecule has 7 heteroatoms. The minimum absolute atomic E-state index is 0.0638. The monoisotopic (exact) mass is 352 g/mol. The summed E-state index contributed by atoms with van der Waals surface area (Å²) in [6, 6.07) is 7.45. The molecule has 0 radical (unpaired) electrons. The second kappa shape index (κ2) is 6.16. The SMILES string of the molecule is O=C(NC1CCN(c2nccc(C3CC3)n2)C1)c1cccc2c1OCO2. The smallest absolute Gasteiger partial charge is 0.255 e. The molecule has 1 N–H and O–H groups in total. The highest BCUT2D eigenvalue weighted by molar-refractivity contribution is 5.98. The number of anilines is 1. The lowest BCUT2D eigenvalue weighted by atomic mass is 10.1. The van der Waals surface area contributed by atoms with Gasteiger partial charge in [0, 0.05) is 36.9 Å². The van der Waals surface area contributed by atoms with E-state index in [1.165, 1.54) is 12.8 Å². The number of carbonyl (C=O) groups is 1. The number of rotatable bonds is 4. The summed E-state index contributed by atoms with van der Waals surface area (Å²) in [7, 11) is 0. The minimum Gasteiger partial charge on any atom is -0.454 e. The third-order valence-electron chi connectivity index (χ3n) is 5.11. The number of nitrogens with zero attached hydrogens (tertiary/aromatic N) is 3. The van der Waals surface area contributed by atoms with Gasteiger partial charge in [0.2, 0.25) is 12.7 Å². The lowest BCUT2D eigenvalue weighted by molar-refractivity contribution is 0.0935. The van der Waals surface area contributed by atoms with Crippen molar-refractivity contribution < 1.29 is 14.3 Å². The first-order valence-corrected chi connectivity index (χ1v) is 9.05. The molecule has 1 amide bonds. The molecule has 1 saturated carbocycles. The fraction of sp³-hybridized carbons (Fsp3) is 0.421. The molecule has 2 aromatic rings. The molecule has 3 aliphatic rings. The number of ether oxygens (including phenoxy) is 2. The molecule has 0 bridgehead atoms. The summed E-state index contributed by atoms with van der Waals surface area (Å²) in [6.45, 7) is 1.71. The van der Waals surface area contributed by atoms with Crippen LogP contribution in [0, 0.1) is 0 Å². The van der Waals surface area contributed by atoms with E-state index in [-0.39, 0.29) is 18.7 Å². The predicted octanol–water partition coefficient (Wildman–Crippen LogP) is 2.09. The molecule has 1 aromatic carbocycles. The van der Waals surface area contributed by atoms with E-state index in [1.54, 1.807) is 18.2 Å². The zero-order chi connectivity index (χ0) is 17.5. The van der Waals surface area contributed by atoms with Gasteiger partial charge in [0.1, 0.15) is 0 Å². The normalized spacial score (nSPS) is 21.1. The topological polar surface area (TPSA) is 76.6 Å². The van der Waals surface area contributed by atoms with Gasteiger partial charge in [-0.3, -0.25) is 4.79 Å². The number of para-hydroxylation sites is 1. The zero-order valence-corrected chi connectivity index (χ0v) is 14.4. The molecule has 3 heterocycles. The summed E-state index contributed by atoms with van der Waals surface area (Å²) in [5.41, 5.74) is 1.66. The molecule has 7 nitrogen and oxygen atoms in total. The second-order valence-electron chi connectivity index (χ2n) is 7.00. The Bertz CT molecular complexity index is 852. The molecule has 5 rings (SSSR count). The van der Waals surface area contributed by atoms with Crippen LogP contribution in [0.15, 0.2) is 30.5 Å². The van der Waals surface area contributed by atoms with Crippen LogP contribution in [0.4, 0.5) is 5.95 Å². The first-order chi connectivity index (χ1) is 12.8. The molecule has 1 saturated heterocycles. The lowest BCUT2D eigenvalue weighted by Crippen LogP contribution is -2.37. The molecule has 2 fully saturated rings. The van der Waals surface area contributed by atoms with Gasteiger partial charge in [-0.05, 0) is 37.5 Å². The standard InChI is InChI=1S/C19H20N4O3/c24-18(14-2-1-3-16-17(14)26-11-25-16)21-13-7-9-23(10-13)19-20-8-6-15(22-19)12-4-5-12/h1-3,6,8,12-13H,4-5,7,9-11H2,(H,21,24). The van der Waals surface area contributed by atoms with Crippen molar-refractivity contribution in [3.63, 3.8) is 0 Å². The molecular formula is C19H20N4O3. The Labute approximate surface area is 151 Å². The van der Waals surface area contributed by atoms with Crippen molar-refractivity contribution >= 4 is 11.9 Å². The van der Waals surface area contributed by atoms with Crippen molar-refractivity contribution in [3.8, 4) is 11.5 Å². The average Bonchev–Trinajstić information content (AvgIpc) is 3.22. The van der Waals surface area contributed by atoms with Crippen LogP contribution in [-0.2, 0) is 0 Å². The minimum atomic E-state index is -0.133. The van der Waals surface area contributed by atoms with Gasteiger partial charge >= 0.3 is 0 Å². The Morgan fingerprint density at radius 2 is 2.12 bits per heavy atom. The van der Waals surface area contributed by atoms with Gasteiger partial charge in [0.25, 0.3) is 5.91 Å². The first kappa shape index (κ1) is 15.4. The highest BCUT2D eigenvalue weighted by Crippen LogP contribution is 2.39. The van der Waals surface area contributed by atoms with Gasteiger partial charge in [-0.2, -0.15) is 0 Å². The van der Waals surface area contributed by atoms with Crippen LogP contribution in [0.25, 0.3) is 0 Å². The Morgan fingerprint density at radius 1 is 1.19 bits per heavy atom. The summed E-state index contributed by atoms with van der Waals surface area (Å²) in [4.78, 5) is 23.9. The largest absolute Gasteiger partial charge is 0.454 e. The van der Waals surface area contributed by atoms with Crippen LogP contribution < -0.4 is 19.7 Å². The van der Waals surface area contributed by atoms with Crippen molar-refractivity contribution in [1.29, 1.82) is 0 Å². The summed E-state index contributed by atoms with van der Waals surface area (Å²) >= 11 is 0. The molecule has 0 spiro atoms. The van der Waals surface area contributed by atoms with E-state index < -0.39 is 0 Å². The van der Waals surface area contributed by atoms with Gasteiger partial charge in [0.15, 0.2) is 11.5 Å². The number of carbonyl (C=O) groups excluding carboxylic acids is 1. The Balaban J connectivity index is 1.26. The van der Waals surface area contributed by atoms with Crippen molar-refractivity contribution in [2.75, 3.05) is 24.8 Å². The molecule has 1 atom stereocenters. The van der Waals surface area contributed by atoms with Gasteiger partial charge < -0.3 is 19.7 Å². The molecular weight excluding hydrogens is 332 g/mol. The van der Waals surface area contributed by atoms with Gasteiger partial charge in [-0.1, -0.05) is 6.07 Å². The average molecular weight is 352 g/mol. The van der Waals surface area contributed by atoms with Gasteiger partial charge in [0.05, 0.1) is 5.56 Å². The molecule has 1 unspecified atom stereocenters. The van der Waals surface area contributed by atoms with E-state index in [4.69, 9.17) is 14.5 Å². The Hall–Kier alpha value is -2.83. The summed E-state index contributed by atoms with van der Waals surface area (Å²) in [5, 5.41) is 3.10. The van der Waals surface area contributed by atoms with Crippen molar-refractivity contribution in [1.82, 2.24) is 15.3 Å². The first-order valence-electron chi connectivity index (χ1n) is 9.05. The van der Waals surface area contributed by atoms with Gasteiger partial charge in [-0.15, -0.1) is 0 Å². The number of hydrogen-bond donors (Lipinski definition) is 1. The summed E-state index contributed by atoms with van der Waals surface area (Å²) in [5.74, 6) is 2.39. The third-order valence-corrected chi connectivity index (χ3v) is 5.11. The van der Waals surface area contributed by atoms with E-state index in [2.05, 4.69) is 15.2 Å². The molecule has 2 aliphatic heterocycles. The van der Waals surface area contributed by atoms with Crippen LogP contribution >= 0.6 is 0 Å². The Morgan fingerprint density at radius 3 is 3.00 bits per heavy atom. The van der Waals surface area contributed by atoms with Crippen molar-refractivity contribution in [3.05, 3.63) is 41.7 Å². The quantitative estimate of drug-likeness (QED) is 0.908. The van der Waals surface area contributed by atoms with E-state index in [0.29, 0.717) is 29.5 Å².